The van der Waals surface area contributed by atoms with Gasteiger partial charge in [-0.05, 0) is 23.3 Å². The number of carbonyl (C=O) groups excluding carboxylic acids is 1. The fourth-order valence-electron chi connectivity index (χ4n) is 1.95. The van der Waals surface area contributed by atoms with Gasteiger partial charge in [-0.1, -0.05) is 36.4 Å². The van der Waals surface area contributed by atoms with Crippen LogP contribution < -0.4 is 0 Å². The van der Waals surface area contributed by atoms with Gasteiger partial charge in [-0.2, -0.15) is 13.2 Å². The molecule has 124 valence electrons. The van der Waals surface area contributed by atoms with E-state index in [2.05, 4.69) is 0 Å². The van der Waals surface area contributed by atoms with Crippen LogP contribution in [0.5, 0.6) is 0 Å². The minimum atomic E-state index is -4.41. The van der Waals surface area contributed by atoms with E-state index in [-0.39, 0.29) is 5.56 Å². The summed E-state index contributed by atoms with van der Waals surface area (Å²) in [6.07, 6.45) is -3.83. The Hall–Kier alpha value is -3.09. The van der Waals surface area contributed by atoms with Gasteiger partial charge in [-0.3, -0.25) is 4.79 Å². The van der Waals surface area contributed by atoms with Crippen molar-refractivity contribution >= 4 is 11.8 Å². The molecule has 0 aliphatic rings. The van der Waals surface area contributed by atoms with Crippen LogP contribution in [0.15, 0.2) is 60.4 Å². The number of aliphatic hydroxyl groups is 1. The Morgan fingerprint density at radius 2 is 1.29 bits per heavy atom. The first-order valence-corrected chi connectivity index (χ1v) is 6.64. The summed E-state index contributed by atoms with van der Waals surface area (Å²) in [5.74, 6) is -3.40. The maximum Gasteiger partial charge on any atom is 0.416 e. The van der Waals surface area contributed by atoms with E-state index < -0.39 is 29.3 Å². The first-order chi connectivity index (χ1) is 11.2. The molecule has 0 bridgehead atoms. The molecule has 0 amide bonds. The Morgan fingerprint density at radius 1 is 0.833 bits per heavy atom. The number of hydrogen-bond donors (Lipinski definition) is 2. The zero-order chi connectivity index (χ0) is 17.9. The minimum absolute atomic E-state index is 0.137. The molecule has 0 saturated heterocycles. The van der Waals surface area contributed by atoms with Crippen molar-refractivity contribution in [3.63, 3.8) is 0 Å². The lowest BCUT2D eigenvalue weighted by atomic mass is 10.0. The number of benzene rings is 2. The molecular weight excluding hydrogens is 325 g/mol. The monoisotopic (exact) mass is 336 g/mol. The van der Waals surface area contributed by atoms with E-state index in [1.165, 1.54) is 36.4 Å². The van der Waals surface area contributed by atoms with Crippen LogP contribution in [0.25, 0.3) is 11.1 Å². The lowest BCUT2D eigenvalue weighted by Crippen LogP contribution is -2.04. The molecule has 0 aliphatic carbocycles. The van der Waals surface area contributed by atoms with E-state index in [9.17, 15) is 22.8 Å². The molecule has 0 aliphatic heterocycles. The maximum absolute atomic E-state index is 12.5. The van der Waals surface area contributed by atoms with Crippen LogP contribution in [0, 0.1) is 0 Å². The number of carbonyl (C=O) groups is 2. The highest BCUT2D eigenvalue weighted by Crippen LogP contribution is 2.31. The highest BCUT2D eigenvalue weighted by Gasteiger charge is 2.29. The van der Waals surface area contributed by atoms with Crippen LogP contribution in [0.3, 0.4) is 0 Å². The molecule has 0 radical (unpaired) electrons. The number of allylic oxidation sites excluding steroid dienone is 1. The SMILES string of the molecule is O=C(O)C(O)=CC(=O)c1ccc(-c2ccc(C(F)(F)F)cc2)cc1. The van der Waals surface area contributed by atoms with Crippen LogP contribution in [-0.2, 0) is 11.0 Å². The van der Waals surface area contributed by atoms with Gasteiger partial charge >= 0.3 is 12.1 Å². The van der Waals surface area contributed by atoms with Gasteiger partial charge < -0.3 is 10.2 Å². The van der Waals surface area contributed by atoms with Crippen molar-refractivity contribution in [3.8, 4) is 11.1 Å². The molecule has 0 unspecified atom stereocenters. The molecule has 0 spiro atoms. The van der Waals surface area contributed by atoms with Gasteiger partial charge in [0, 0.05) is 11.6 Å². The van der Waals surface area contributed by atoms with Crippen molar-refractivity contribution in [1.82, 2.24) is 0 Å². The Bertz CT molecular complexity index is 788. The summed E-state index contributed by atoms with van der Waals surface area (Å²) in [7, 11) is 0. The van der Waals surface area contributed by atoms with Gasteiger partial charge in [0.1, 0.15) is 0 Å². The molecule has 2 rings (SSSR count). The standard InChI is InChI=1S/C17H11F3O4/c18-17(19,20)13-7-5-11(6-8-13)10-1-3-12(4-2-10)14(21)9-15(22)16(23)24/h1-9,22H,(H,23,24). The van der Waals surface area contributed by atoms with Gasteiger partial charge in [0.25, 0.3) is 0 Å². The lowest BCUT2D eigenvalue weighted by Gasteiger charge is -2.08. The molecule has 0 aromatic heterocycles. The normalized spacial score (nSPS) is 12.0. The van der Waals surface area contributed by atoms with Crippen LogP contribution in [0.4, 0.5) is 13.2 Å². The van der Waals surface area contributed by atoms with Crippen molar-refractivity contribution in [3.05, 3.63) is 71.5 Å². The van der Waals surface area contributed by atoms with Crippen LogP contribution in [0.1, 0.15) is 15.9 Å². The first-order valence-electron chi connectivity index (χ1n) is 6.64. The third-order valence-electron chi connectivity index (χ3n) is 3.20. The molecule has 0 fully saturated rings. The second-order valence-corrected chi connectivity index (χ2v) is 4.85. The number of ketones is 1. The molecule has 0 heterocycles. The van der Waals surface area contributed by atoms with Gasteiger partial charge in [0.2, 0.25) is 5.76 Å². The number of aliphatic hydroxyl groups excluding tert-OH is 1. The molecule has 2 aromatic carbocycles. The fraction of sp³-hybridized carbons (Fsp3) is 0.0588. The average molecular weight is 336 g/mol. The number of rotatable bonds is 4. The van der Waals surface area contributed by atoms with E-state index in [4.69, 9.17) is 10.2 Å². The third-order valence-corrected chi connectivity index (χ3v) is 3.20. The van der Waals surface area contributed by atoms with E-state index in [1.54, 1.807) is 0 Å². The first kappa shape index (κ1) is 17.3. The molecule has 0 saturated carbocycles. The van der Waals surface area contributed by atoms with Gasteiger partial charge in [0.15, 0.2) is 5.78 Å². The van der Waals surface area contributed by atoms with Crippen LogP contribution in [-0.4, -0.2) is 22.0 Å². The fourth-order valence-corrected chi connectivity index (χ4v) is 1.95. The van der Waals surface area contributed by atoms with Crippen molar-refractivity contribution in [2.24, 2.45) is 0 Å². The number of aliphatic carboxylic acids is 1. The van der Waals surface area contributed by atoms with Crippen molar-refractivity contribution in [2.75, 3.05) is 0 Å². The smallest absolute Gasteiger partial charge is 0.416 e. The summed E-state index contributed by atoms with van der Waals surface area (Å²) < 4.78 is 37.6. The quantitative estimate of drug-likeness (QED) is 0.501. The van der Waals surface area contributed by atoms with E-state index in [0.717, 1.165) is 12.1 Å². The minimum Gasteiger partial charge on any atom is -0.502 e. The van der Waals surface area contributed by atoms with Gasteiger partial charge in [-0.25, -0.2) is 4.79 Å². The molecule has 7 heteroatoms. The zero-order valence-electron chi connectivity index (χ0n) is 12.0. The summed E-state index contributed by atoms with van der Waals surface area (Å²) in [6, 6.07) is 10.4. The predicted octanol–water partition coefficient (Wildman–Crippen LogP) is 4.08. The predicted molar refractivity (Wildman–Crippen MR) is 79.6 cm³/mol. The highest BCUT2D eigenvalue weighted by molar-refractivity contribution is 6.07. The number of carboxylic acids is 1. The second-order valence-electron chi connectivity index (χ2n) is 4.85. The van der Waals surface area contributed by atoms with Crippen molar-refractivity contribution in [1.29, 1.82) is 0 Å². The third kappa shape index (κ3) is 4.01. The van der Waals surface area contributed by atoms with Crippen LogP contribution in [0.2, 0.25) is 0 Å². The van der Waals surface area contributed by atoms with Gasteiger partial charge in [0.05, 0.1) is 5.56 Å². The number of carboxylic acid groups (broad SMARTS) is 1. The van der Waals surface area contributed by atoms with E-state index in [1.807, 2.05) is 0 Å². The molecule has 2 aromatic rings. The van der Waals surface area contributed by atoms with Gasteiger partial charge in [-0.15, -0.1) is 0 Å². The lowest BCUT2D eigenvalue weighted by molar-refractivity contribution is -0.137. The van der Waals surface area contributed by atoms with Crippen molar-refractivity contribution in [2.45, 2.75) is 6.18 Å². The van der Waals surface area contributed by atoms with E-state index in [0.29, 0.717) is 17.2 Å². The highest BCUT2D eigenvalue weighted by atomic mass is 19.4. The summed E-state index contributed by atoms with van der Waals surface area (Å²) in [6.45, 7) is 0. The number of hydrogen-bond acceptors (Lipinski definition) is 3. The van der Waals surface area contributed by atoms with Crippen LogP contribution >= 0.6 is 0 Å². The topological polar surface area (TPSA) is 74.6 Å². The Morgan fingerprint density at radius 3 is 1.71 bits per heavy atom. The molecule has 0 atom stereocenters. The maximum atomic E-state index is 12.5. The second kappa shape index (κ2) is 6.57. The van der Waals surface area contributed by atoms with Crippen molar-refractivity contribution < 1.29 is 33.0 Å². The molecule has 24 heavy (non-hydrogen) atoms. The largest absolute Gasteiger partial charge is 0.502 e. The Labute approximate surface area is 134 Å². The average Bonchev–Trinajstić information content (AvgIpc) is 2.54. The summed E-state index contributed by atoms with van der Waals surface area (Å²) >= 11 is 0. The number of alkyl halides is 3. The number of halogens is 3. The molecular formula is C17H11F3O4. The Balaban J connectivity index is 2.22. The summed E-state index contributed by atoms with van der Waals surface area (Å²) in [5, 5.41) is 17.5. The van der Waals surface area contributed by atoms with E-state index >= 15 is 0 Å². The molecule has 2 N–H and O–H groups in total. The summed E-state index contributed by atoms with van der Waals surface area (Å²) in [5.41, 5.74) is 0.503. The molecule has 4 nitrogen and oxygen atoms in total. The summed E-state index contributed by atoms with van der Waals surface area (Å²) in [4.78, 5) is 22.2. The Kier molecular flexibility index (Phi) is 4.73. The zero-order valence-corrected chi connectivity index (χ0v) is 12.0.